The fourth-order valence-electron chi connectivity index (χ4n) is 2.82. The zero-order valence-corrected chi connectivity index (χ0v) is 10.6. The number of ether oxygens (including phenoxy) is 1. The second kappa shape index (κ2) is 5.03. The van der Waals surface area contributed by atoms with Crippen molar-refractivity contribution in [3.05, 3.63) is 0 Å². The van der Waals surface area contributed by atoms with Crippen LogP contribution in [0.1, 0.15) is 51.9 Å². The summed E-state index contributed by atoms with van der Waals surface area (Å²) < 4.78 is 5.41. The van der Waals surface area contributed by atoms with Gasteiger partial charge in [0.05, 0.1) is 0 Å². The predicted molar refractivity (Wildman–Crippen MR) is 66.5 cm³/mol. The van der Waals surface area contributed by atoms with Gasteiger partial charge in [0.1, 0.15) is 0 Å². The van der Waals surface area contributed by atoms with Crippen LogP contribution < -0.4 is 11.1 Å². The van der Waals surface area contributed by atoms with Crippen molar-refractivity contribution in [2.75, 3.05) is 19.8 Å². The lowest BCUT2D eigenvalue weighted by Crippen LogP contribution is -2.57. The summed E-state index contributed by atoms with van der Waals surface area (Å²) in [6.45, 7) is 5.06. The minimum absolute atomic E-state index is 0.0551. The summed E-state index contributed by atoms with van der Waals surface area (Å²) in [5.74, 6) is 0. The molecule has 16 heavy (non-hydrogen) atoms. The molecule has 2 aliphatic rings. The van der Waals surface area contributed by atoms with Crippen LogP contribution in [0.4, 0.5) is 0 Å². The molecular formula is C13H26N2O. The SMILES string of the molecule is CC1(NCC2(N)CCCCC2)CCOCC1. The number of rotatable bonds is 3. The molecule has 0 aromatic carbocycles. The van der Waals surface area contributed by atoms with Crippen LogP contribution in [0.3, 0.4) is 0 Å². The Morgan fingerprint density at radius 2 is 1.69 bits per heavy atom. The van der Waals surface area contributed by atoms with Crippen molar-refractivity contribution in [2.24, 2.45) is 5.73 Å². The van der Waals surface area contributed by atoms with Crippen LogP contribution in [0.5, 0.6) is 0 Å². The van der Waals surface area contributed by atoms with Gasteiger partial charge in [-0.25, -0.2) is 0 Å². The van der Waals surface area contributed by atoms with Gasteiger partial charge in [-0.3, -0.25) is 0 Å². The number of nitrogens with two attached hydrogens (primary N) is 1. The van der Waals surface area contributed by atoms with Gasteiger partial charge in [0.25, 0.3) is 0 Å². The molecular weight excluding hydrogens is 200 g/mol. The first-order valence-corrected chi connectivity index (χ1v) is 6.74. The van der Waals surface area contributed by atoms with Crippen molar-refractivity contribution < 1.29 is 4.74 Å². The third-order valence-corrected chi connectivity index (χ3v) is 4.31. The lowest BCUT2D eigenvalue weighted by molar-refractivity contribution is 0.0418. The maximum atomic E-state index is 6.44. The Balaban J connectivity index is 1.80. The van der Waals surface area contributed by atoms with Crippen molar-refractivity contribution in [2.45, 2.75) is 62.9 Å². The summed E-state index contributed by atoms with van der Waals surface area (Å²) in [4.78, 5) is 0. The van der Waals surface area contributed by atoms with E-state index < -0.39 is 0 Å². The quantitative estimate of drug-likeness (QED) is 0.771. The van der Waals surface area contributed by atoms with Crippen LogP contribution in [-0.4, -0.2) is 30.8 Å². The van der Waals surface area contributed by atoms with Crippen LogP contribution in [0.25, 0.3) is 0 Å². The van der Waals surface area contributed by atoms with E-state index >= 15 is 0 Å². The smallest absolute Gasteiger partial charge is 0.0483 e. The maximum Gasteiger partial charge on any atom is 0.0483 e. The van der Waals surface area contributed by atoms with Gasteiger partial charge in [0, 0.05) is 30.8 Å². The van der Waals surface area contributed by atoms with Crippen LogP contribution in [-0.2, 0) is 4.74 Å². The highest BCUT2D eigenvalue weighted by atomic mass is 16.5. The highest BCUT2D eigenvalue weighted by molar-refractivity contribution is 4.94. The third kappa shape index (κ3) is 3.19. The maximum absolute atomic E-state index is 6.44. The first-order chi connectivity index (χ1) is 7.62. The number of nitrogens with one attached hydrogen (secondary N) is 1. The zero-order valence-electron chi connectivity index (χ0n) is 10.6. The largest absolute Gasteiger partial charge is 0.381 e. The zero-order chi connectivity index (χ0) is 11.5. The van der Waals surface area contributed by atoms with Gasteiger partial charge in [0.2, 0.25) is 0 Å². The molecule has 0 spiro atoms. The van der Waals surface area contributed by atoms with Crippen molar-refractivity contribution in [3.63, 3.8) is 0 Å². The van der Waals surface area contributed by atoms with Gasteiger partial charge >= 0.3 is 0 Å². The summed E-state index contributed by atoms with van der Waals surface area (Å²) in [5.41, 5.74) is 6.75. The molecule has 2 fully saturated rings. The summed E-state index contributed by atoms with van der Waals surface area (Å²) in [6, 6.07) is 0. The normalized spacial score (nSPS) is 28.9. The standard InChI is InChI=1S/C13H26N2O/c1-12(7-9-16-10-8-12)15-11-13(14)5-3-2-4-6-13/h15H,2-11,14H2,1H3. The molecule has 3 heteroatoms. The Morgan fingerprint density at radius 3 is 2.31 bits per heavy atom. The molecule has 0 atom stereocenters. The molecule has 1 heterocycles. The van der Waals surface area contributed by atoms with E-state index in [1.165, 1.54) is 32.1 Å². The summed E-state index contributed by atoms with van der Waals surface area (Å²) in [6.07, 6.45) is 8.57. The van der Waals surface area contributed by atoms with Crippen LogP contribution >= 0.6 is 0 Å². The van der Waals surface area contributed by atoms with Gasteiger partial charge in [0.15, 0.2) is 0 Å². The fourth-order valence-corrected chi connectivity index (χ4v) is 2.82. The minimum atomic E-state index is 0.0551. The molecule has 0 unspecified atom stereocenters. The Kier molecular flexibility index (Phi) is 3.88. The molecule has 0 bridgehead atoms. The van der Waals surface area contributed by atoms with Gasteiger partial charge in [-0.05, 0) is 32.6 Å². The summed E-state index contributed by atoms with van der Waals surface area (Å²) >= 11 is 0. The first kappa shape index (κ1) is 12.3. The average molecular weight is 226 g/mol. The fraction of sp³-hybridized carbons (Fsp3) is 1.00. The minimum Gasteiger partial charge on any atom is -0.381 e. The highest BCUT2D eigenvalue weighted by Crippen LogP contribution is 2.27. The van der Waals surface area contributed by atoms with Crippen LogP contribution in [0.2, 0.25) is 0 Å². The average Bonchev–Trinajstić information content (AvgIpc) is 2.29. The lowest BCUT2D eigenvalue weighted by Gasteiger charge is -2.40. The van der Waals surface area contributed by atoms with Gasteiger partial charge in [-0.1, -0.05) is 19.3 Å². The summed E-state index contributed by atoms with van der Waals surface area (Å²) in [7, 11) is 0. The van der Waals surface area contributed by atoms with Crippen LogP contribution in [0, 0.1) is 0 Å². The number of hydrogen-bond acceptors (Lipinski definition) is 3. The van der Waals surface area contributed by atoms with E-state index in [1.807, 2.05) is 0 Å². The second-order valence-corrected chi connectivity index (χ2v) is 5.95. The Morgan fingerprint density at radius 1 is 1.06 bits per heavy atom. The molecule has 94 valence electrons. The van der Waals surface area contributed by atoms with Gasteiger partial charge < -0.3 is 15.8 Å². The molecule has 0 amide bonds. The van der Waals surface area contributed by atoms with Crippen molar-refractivity contribution in [1.82, 2.24) is 5.32 Å². The molecule has 0 radical (unpaired) electrons. The Bertz CT molecular complexity index is 194. The van der Waals surface area contributed by atoms with Gasteiger partial charge in [-0.2, -0.15) is 0 Å². The molecule has 0 aromatic heterocycles. The van der Waals surface area contributed by atoms with E-state index in [-0.39, 0.29) is 11.1 Å². The van der Waals surface area contributed by atoms with Crippen molar-refractivity contribution in [1.29, 1.82) is 0 Å². The van der Waals surface area contributed by atoms with Gasteiger partial charge in [-0.15, -0.1) is 0 Å². The predicted octanol–water partition coefficient (Wildman–Crippen LogP) is 1.81. The molecule has 1 saturated carbocycles. The molecule has 3 nitrogen and oxygen atoms in total. The van der Waals surface area contributed by atoms with E-state index in [1.54, 1.807) is 0 Å². The monoisotopic (exact) mass is 226 g/mol. The van der Waals surface area contributed by atoms with Crippen molar-refractivity contribution in [3.8, 4) is 0 Å². The molecule has 1 aliphatic carbocycles. The third-order valence-electron chi connectivity index (χ3n) is 4.31. The first-order valence-electron chi connectivity index (χ1n) is 6.74. The van der Waals surface area contributed by atoms with E-state index in [0.717, 1.165) is 32.6 Å². The Labute approximate surface area is 99.1 Å². The Hall–Kier alpha value is -0.120. The molecule has 0 aromatic rings. The number of hydrogen-bond donors (Lipinski definition) is 2. The van der Waals surface area contributed by atoms with E-state index in [2.05, 4.69) is 12.2 Å². The molecule has 3 N–H and O–H groups in total. The van der Waals surface area contributed by atoms with Crippen molar-refractivity contribution >= 4 is 0 Å². The highest BCUT2D eigenvalue weighted by Gasteiger charge is 2.32. The topological polar surface area (TPSA) is 47.3 Å². The molecule has 1 saturated heterocycles. The molecule has 2 rings (SSSR count). The van der Waals surface area contributed by atoms with E-state index in [9.17, 15) is 0 Å². The lowest BCUT2D eigenvalue weighted by atomic mass is 9.81. The van der Waals surface area contributed by atoms with E-state index in [0.29, 0.717) is 0 Å². The van der Waals surface area contributed by atoms with E-state index in [4.69, 9.17) is 10.5 Å². The van der Waals surface area contributed by atoms with Crippen LogP contribution in [0.15, 0.2) is 0 Å². The second-order valence-electron chi connectivity index (χ2n) is 5.95. The molecule has 1 aliphatic heterocycles. The summed E-state index contributed by atoms with van der Waals surface area (Å²) in [5, 5.41) is 3.70.